The summed E-state index contributed by atoms with van der Waals surface area (Å²) in [5.74, 6) is 0. The molecule has 53 valence electrons. The van der Waals surface area contributed by atoms with Crippen LogP contribution in [0.2, 0.25) is 0 Å². The fourth-order valence-corrected chi connectivity index (χ4v) is 0.840. The second-order valence-corrected chi connectivity index (χ2v) is 2.74. The molecular weight excluding hydrogens is 114 g/mol. The van der Waals surface area contributed by atoms with E-state index in [4.69, 9.17) is 0 Å². The molecule has 0 aromatic heterocycles. The molecule has 0 saturated heterocycles. The van der Waals surface area contributed by atoms with Crippen LogP contribution in [0.1, 0.15) is 27.7 Å². The molecule has 0 aliphatic rings. The highest BCUT2D eigenvalue weighted by molar-refractivity contribution is 5.51. The van der Waals surface area contributed by atoms with E-state index in [2.05, 4.69) is 0 Å². The van der Waals surface area contributed by atoms with E-state index >= 15 is 0 Å². The van der Waals surface area contributed by atoms with E-state index < -0.39 is 0 Å². The summed E-state index contributed by atoms with van der Waals surface area (Å²) in [6.45, 7) is 8.03. The minimum atomic E-state index is 0.322. The quantitative estimate of drug-likeness (QED) is 0.413. The summed E-state index contributed by atoms with van der Waals surface area (Å²) < 4.78 is 0. The predicted molar refractivity (Wildman–Crippen MR) is 38.5 cm³/mol. The topological polar surface area (TPSA) is 23.0 Å². The summed E-state index contributed by atoms with van der Waals surface area (Å²) in [7, 11) is 0. The van der Waals surface area contributed by atoms with Crippen molar-refractivity contribution in [3.05, 3.63) is 0 Å². The van der Waals surface area contributed by atoms with Gasteiger partial charge in [0.2, 0.25) is 0 Å². The zero-order valence-electron chi connectivity index (χ0n) is 6.59. The number of hydrogen-bond acceptors (Lipinski definition) is 1. The largest absolute Gasteiger partial charge is 0.349 e. The Morgan fingerprint density at radius 3 is 1.44 bits per heavy atom. The van der Waals surface area contributed by atoms with Gasteiger partial charge in [-0.1, -0.05) is 0 Å². The van der Waals surface area contributed by atoms with E-state index in [1.54, 1.807) is 4.90 Å². The van der Waals surface area contributed by atoms with Crippen molar-refractivity contribution < 1.29 is 4.79 Å². The second-order valence-electron chi connectivity index (χ2n) is 2.74. The van der Waals surface area contributed by atoms with Gasteiger partial charge in [-0.3, -0.25) is 0 Å². The Labute approximate surface area is 56.9 Å². The molecule has 0 fully saturated rings. The monoisotopic (exact) mass is 129 g/mol. The fourth-order valence-electron chi connectivity index (χ4n) is 0.840. The first kappa shape index (κ1) is 8.63. The van der Waals surface area contributed by atoms with Crippen molar-refractivity contribution in [1.29, 1.82) is 0 Å². The van der Waals surface area contributed by atoms with E-state index in [-0.39, 0.29) is 0 Å². The molecule has 1 radical (unpaired) electrons. The van der Waals surface area contributed by atoms with Crippen molar-refractivity contribution in [2.75, 3.05) is 0 Å². The Morgan fingerprint density at radius 1 is 1.11 bits per heavy atom. The van der Waals surface area contributed by atoms with Gasteiger partial charge in [0, 0.05) is 0 Å². The molecule has 0 unspecified atom stereocenters. The molecule has 0 aliphatic heterocycles. The molecule has 0 aliphatic carbocycles. The number of hydrogen-bond donors (Lipinski definition) is 0. The minimum absolute atomic E-state index is 0.322. The van der Waals surface area contributed by atoms with E-state index in [0.717, 1.165) is 6.41 Å². The summed E-state index contributed by atoms with van der Waals surface area (Å²) in [5, 5.41) is 0. The molecule has 9 heavy (non-hydrogen) atoms. The first-order valence-corrected chi connectivity index (χ1v) is 3.32. The highest BCUT2D eigenvalue weighted by atomic mass is 16.1. The maximum Gasteiger partial charge on any atom is 0.349 e. The third-order valence-electron chi connectivity index (χ3n) is 1.31. The van der Waals surface area contributed by atoms with Crippen molar-refractivity contribution in [2.24, 2.45) is 0 Å². The van der Waals surface area contributed by atoms with Gasteiger partial charge in [-0.25, -0.2) is 4.79 Å². The van der Waals surface area contributed by atoms with E-state index in [1.165, 1.54) is 0 Å². The van der Waals surface area contributed by atoms with Gasteiger partial charge in [-0.2, -0.15) is 0 Å². The van der Waals surface area contributed by atoms with Crippen molar-refractivity contribution in [2.45, 2.75) is 39.8 Å². The first-order chi connectivity index (χ1) is 4.09. The van der Waals surface area contributed by atoms with Crippen LogP contribution in [0.15, 0.2) is 0 Å². The average Bonchev–Trinajstić information content (AvgIpc) is 1.64. The van der Waals surface area contributed by atoms with Crippen LogP contribution in [-0.4, -0.2) is 18.5 Å². The lowest BCUT2D eigenvalue weighted by molar-refractivity contribution is -0.115. The van der Waals surface area contributed by atoms with E-state index in [9.17, 15) is 4.79 Å². The van der Waals surface area contributed by atoms with Crippen LogP contribution in [0.5, 0.6) is 0 Å². The Balaban J connectivity index is 3.82. The summed E-state index contributed by atoms with van der Waals surface area (Å²) in [5.41, 5.74) is 0. The van der Waals surface area contributed by atoms with Gasteiger partial charge in [0.15, 0.2) is 0 Å². The fraction of sp³-hybridized carbons (Fsp3) is 0.857. The lowest BCUT2D eigenvalue weighted by atomic mass is 10.2. The number of nitrogens with zero attached hydrogens (tertiary/aromatic N) is 1. The standard InChI is InChI=1S/C7H15NO/c1-6(2)8(5-9)7(3)4/h5-7H,1-4H3/q+1. The molecule has 0 atom stereocenters. The van der Waals surface area contributed by atoms with Gasteiger partial charge in [0.25, 0.3) is 0 Å². The maximum absolute atomic E-state index is 10.3. The van der Waals surface area contributed by atoms with Crippen LogP contribution in [0.3, 0.4) is 0 Å². The Hall–Kier alpha value is -0.370. The zero-order chi connectivity index (χ0) is 7.44. The Kier molecular flexibility index (Phi) is 3.47. The Bertz CT molecular complexity index is 80.9. The molecule has 1 amide bonds. The number of carbonyl (C=O) groups excluding carboxylic acids is 1. The molecular formula is C7H15NO+. The molecule has 0 bridgehead atoms. The third-order valence-corrected chi connectivity index (χ3v) is 1.31. The minimum Gasteiger partial charge on any atom is -0.228 e. The van der Waals surface area contributed by atoms with E-state index in [1.807, 2.05) is 27.7 Å². The Morgan fingerprint density at radius 2 is 1.44 bits per heavy atom. The van der Waals surface area contributed by atoms with Crippen LogP contribution in [0, 0.1) is 0 Å². The smallest absolute Gasteiger partial charge is 0.228 e. The van der Waals surface area contributed by atoms with Crippen molar-refractivity contribution >= 4 is 6.41 Å². The normalized spacial score (nSPS) is 11.4. The van der Waals surface area contributed by atoms with Crippen LogP contribution >= 0.6 is 0 Å². The lowest BCUT2D eigenvalue weighted by Gasteiger charge is -2.11. The first-order valence-electron chi connectivity index (χ1n) is 3.32. The molecule has 0 N–H and O–H groups in total. The molecule has 2 nitrogen and oxygen atoms in total. The number of rotatable bonds is 3. The molecule has 0 saturated carbocycles. The molecule has 0 aromatic carbocycles. The van der Waals surface area contributed by atoms with E-state index in [0.29, 0.717) is 12.1 Å². The molecule has 0 spiro atoms. The second kappa shape index (κ2) is 3.62. The van der Waals surface area contributed by atoms with Crippen molar-refractivity contribution in [3.8, 4) is 0 Å². The SMILES string of the molecule is CC(C)[N+](C=O)C(C)C. The van der Waals surface area contributed by atoms with Crippen LogP contribution in [0.4, 0.5) is 0 Å². The summed E-state index contributed by atoms with van der Waals surface area (Å²) >= 11 is 0. The van der Waals surface area contributed by atoms with Crippen LogP contribution < -0.4 is 4.90 Å². The highest BCUT2D eigenvalue weighted by Crippen LogP contribution is 1.95. The molecule has 0 heterocycles. The van der Waals surface area contributed by atoms with Gasteiger partial charge in [-0.05, 0) is 27.7 Å². The molecule has 2 heteroatoms. The van der Waals surface area contributed by atoms with Gasteiger partial charge in [0.1, 0.15) is 12.1 Å². The molecule has 0 aromatic rings. The van der Waals surface area contributed by atoms with Crippen molar-refractivity contribution in [1.82, 2.24) is 4.90 Å². The van der Waals surface area contributed by atoms with Gasteiger partial charge < -0.3 is 0 Å². The highest BCUT2D eigenvalue weighted by Gasteiger charge is 2.21. The number of amides is 1. The third kappa shape index (κ3) is 2.61. The summed E-state index contributed by atoms with van der Waals surface area (Å²) in [4.78, 5) is 12.1. The summed E-state index contributed by atoms with van der Waals surface area (Å²) in [6.07, 6.45) is 0.898. The lowest BCUT2D eigenvalue weighted by Crippen LogP contribution is -2.41. The predicted octanol–water partition coefficient (Wildman–Crippen LogP) is 1.10. The van der Waals surface area contributed by atoms with Gasteiger partial charge >= 0.3 is 6.41 Å². The number of carbonyl (C=O) groups is 1. The molecule has 0 rings (SSSR count). The summed E-state index contributed by atoms with van der Waals surface area (Å²) in [6, 6.07) is 0.644. The average molecular weight is 129 g/mol. The zero-order valence-corrected chi connectivity index (χ0v) is 6.59. The van der Waals surface area contributed by atoms with Gasteiger partial charge in [-0.15, -0.1) is 4.90 Å². The van der Waals surface area contributed by atoms with Crippen LogP contribution in [-0.2, 0) is 4.79 Å². The van der Waals surface area contributed by atoms with Crippen LogP contribution in [0.25, 0.3) is 0 Å². The van der Waals surface area contributed by atoms with Gasteiger partial charge in [0.05, 0.1) is 0 Å². The maximum atomic E-state index is 10.3. The van der Waals surface area contributed by atoms with Crippen molar-refractivity contribution in [3.63, 3.8) is 0 Å².